The number of allylic oxidation sites excluding steroid dienone is 5. The fourth-order valence-corrected chi connectivity index (χ4v) is 8.61. The molecule has 10 rings (SSSR count). The van der Waals surface area contributed by atoms with Crippen LogP contribution in [0.4, 0.5) is 0 Å². The van der Waals surface area contributed by atoms with Gasteiger partial charge in [-0.1, -0.05) is 231 Å². The van der Waals surface area contributed by atoms with Crippen LogP contribution in [0, 0.1) is 0 Å². The first-order valence-corrected chi connectivity index (χ1v) is 21.5. The summed E-state index contributed by atoms with van der Waals surface area (Å²) in [6, 6.07) is 82.1. The maximum absolute atomic E-state index is 5.47. The van der Waals surface area contributed by atoms with Crippen LogP contribution in [0.25, 0.3) is 94.2 Å². The van der Waals surface area contributed by atoms with Crippen LogP contribution >= 0.6 is 0 Å². The van der Waals surface area contributed by atoms with Gasteiger partial charge in [0.15, 0.2) is 0 Å². The molecule has 0 saturated carbocycles. The maximum Gasteiger partial charge on any atom is 0.0794 e. The van der Waals surface area contributed by atoms with Crippen LogP contribution in [-0.2, 0) is 0 Å². The average molecular weight is 804 g/mol. The summed E-state index contributed by atoms with van der Waals surface area (Å²) in [7, 11) is 0. The molecule has 0 amide bonds. The standard InChI is InChI=1S/C62H45N/c1-43(45-17-7-3-8-18-45)39-55(49-23-13-6-14-24-49)40-44(2)46-27-33-52(34-28-46)58-41-60-59(53-35-29-50(30-36-53)47-19-9-4-10-20-47)42-61(63-62(60)57-26-16-15-25-56(57)58)54-37-31-51(32-38-54)48-21-11-5-12-22-48/h3-42H,2H2,1H3/b43-39+,55-40+. The van der Waals surface area contributed by atoms with Crippen molar-refractivity contribution in [2.75, 3.05) is 0 Å². The Kier molecular flexibility index (Phi) is 10.8. The van der Waals surface area contributed by atoms with Gasteiger partial charge in [-0.15, -0.1) is 0 Å². The molecule has 10 aromatic rings. The van der Waals surface area contributed by atoms with E-state index in [0.29, 0.717) is 0 Å². The van der Waals surface area contributed by atoms with Gasteiger partial charge in [0.1, 0.15) is 0 Å². The topological polar surface area (TPSA) is 12.9 Å². The molecule has 0 fully saturated rings. The number of rotatable bonds is 10. The van der Waals surface area contributed by atoms with Crippen LogP contribution in [0.5, 0.6) is 0 Å². The number of benzene rings is 9. The fourth-order valence-electron chi connectivity index (χ4n) is 8.61. The van der Waals surface area contributed by atoms with E-state index in [0.717, 1.165) is 66.5 Å². The van der Waals surface area contributed by atoms with Gasteiger partial charge in [0.25, 0.3) is 0 Å². The number of hydrogen-bond donors (Lipinski definition) is 0. The van der Waals surface area contributed by atoms with E-state index >= 15 is 0 Å². The molecule has 0 aliphatic heterocycles. The van der Waals surface area contributed by atoms with Gasteiger partial charge in [-0.25, -0.2) is 4.98 Å². The Balaban J connectivity index is 1.07. The maximum atomic E-state index is 5.47. The number of aromatic nitrogens is 1. The number of hydrogen-bond acceptors (Lipinski definition) is 1. The first kappa shape index (κ1) is 39.0. The molecule has 0 atom stereocenters. The second-order valence-corrected chi connectivity index (χ2v) is 16.1. The summed E-state index contributed by atoms with van der Waals surface area (Å²) in [5.74, 6) is 0. The molecule has 9 aromatic carbocycles. The zero-order valence-electron chi connectivity index (χ0n) is 35.2. The van der Waals surface area contributed by atoms with Gasteiger partial charge in [0.2, 0.25) is 0 Å². The third kappa shape index (κ3) is 8.21. The lowest BCUT2D eigenvalue weighted by Gasteiger charge is -2.16. The van der Waals surface area contributed by atoms with Crippen molar-refractivity contribution >= 4 is 38.4 Å². The Morgan fingerprint density at radius 3 is 1.37 bits per heavy atom. The van der Waals surface area contributed by atoms with Gasteiger partial charge >= 0.3 is 0 Å². The van der Waals surface area contributed by atoms with E-state index < -0.39 is 0 Å². The summed E-state index contributed by atoms with van der Waals surface area (Å²) in [6.45, 7) is 6.74. The van der Waals surface area contributed by atoms with Crippen LogP contribution < -0.4 is 0 Å². The van der Waals surface area contributed by atoms with Crippen molar-refractivity contribution in [1.29, 1.82) is 0 Å². The normalized spacial score (nSPS) is 11.8. The predicted octanol–water partition coefficient (Wildman–Crippen LogP) is 16.9. The van der Waals surface area contributed by atoms with Crippen molar-refractivity contribution in [2.45, 2.75) is 6.92 Å². The zero-order chi connectivity index (χ0) is 42.5. The van der Waals surface area contributed by atoms with Crippen LogP contribution in [0.1, 0.15) is 23.6 Å². The molecule has 1 heteroatoms. The van der Waals surface area contributed by atoms with E-state index in [4.69, 9.17) is 4.98 Å². The summed E-state index contributed by atoms with van der Waals surface area (Å²) >= 11 is 0. The molecule has 0 aliphatic carbocycles. The molecule has 298 valence electrons. The highest BCUT2D eigenvalue weighted by atomic mass is 14.7. The van der Waals surface area contributed by atoms with Crippen LogP contribution in [-0.4, -0.2) is 4.98 Å². The molecule has 0 aliphatic rings. The van der Waals surface area contributed by atoms with Crippen molar-refractivity contribution in [3.05, 3.63) is 266 Å². The van der Waals surface area contributed by atoms with E-state index in [1.54, 1.807) is 0 Å². The van der Waals surface area contributed by atoms with E-state index in [1.165, 1.54) is 44.3 Å². The lowest BCUT2D eigenvalue weighted by molar-refractivity contribution is 1.41. The third-order valence-electron chi connectivity index (χ3n) is 12.0. The highest BCUT2D eigenvalue weighted by molar-refractivity contribution is 6.16. The van der Waals surface area contributed by atoms with Crippen LogP contribution in [0.2, 0.25) is 0 Å². The minimum Gasteiger partial charge on any atom is -0.247 e. The highest BCUT2D eigenvalue weighted by Crippen LogP contribution is 2.41. The van der Waals surface area contributed by atoms with Crippen LogP contribution in [0.15, 0.2) is 249 Å². The first-order chi connectivity index (χ1) is 31.1. The summed E-state index contributed by atoms with van der Waals surface area (Å²) < 4.78 is 0. The highest BCUT2D eigenvalue weighted by Gasteiger charge is 2.17. The molecule has 0 radical (unpaired) electrons. The predicted molar refractivity (Wildman–Crippen MR) is 270 cm³/mol. The monoisotopic (exact) mass is 803 g/mol. The molecule has 0 bridgehead atoms. The molecule has 0 saturated heterocycles. The van der Waals surface area contributed by atoms with E-state index in [2.05, 4.69) is 256 Å². The summed E-state index contributed by atoms with van der Waals surface area (Å²) in [5, 5.41) is 3.41. The van der Waals surface area contributed by atoms with Gasteiger partial charge in [-0.05, 0) is 108 Å². The molecule has 1 aromatic heterocycles. The van der Waals surface area contributed by atoms with Crippen molar-refractivity contribution in [1.82, 2.24) is 4.98 Å². The lowest BCUT2D eigenvalue weighted by Crippen LogP contribution is -1.94. The molecule has 1 nitrogen and oxygen atoms in total. The van der Waals surface area contributed by atoms with Crippen molar-refractivity contribution in [3.63, 3.8) is 0 Å². The molecule has 0 N–H and O–H groups in total. The van der Waals surface area contributed by atoms with E-state index in [-0.39, 0.29) is 0 Å². The van der Waals surface area contributed by atoms with Crippen molar-refractivity contribution in [2.24, 2.45) is 0 Å². The zero-order valence-corrected chi connectivity index (χ0v) is 35.2. The Morgan fingerprint density at radius 1 is 0.365 bits per heavy atom. The number of nitrogens with zero attached hydrogens (tertiary/aromatic N) is 1. The summed E-state index contributed by atoms with van der Waals surface area (Å²) in [5.41, 5.74) is 19.1. The molecular formula is C62H45N. The minimum absolute atomic E-state index is 0.946. The molecule has 1 heterocycles. The van der Waals surface area contributed by atoms with Gasteiger partial charge in [-0.2, -0.15) is 0 Å². The number of fused-ring (bicyclic) bond motifs is 3. The summed E-state index contributed by atoms with van der Waals surface area (Å²) in [6.07, 6.45) is 4.47. The third-order valence-corrected chi connectivity index (χ3v) is 12.0. The molecule has 0 unspecified atom stereocenters. The van der Waals surface area contributed by atoms with Crippen molar-refractivity contribution < 1.29 is 0 Å². The Morgan fingerprint density at radius 2 is 0.794 bits per heavy atom. The van der Waals surface area contributed by atoms with Gasteiger partial charge in [0.05, 0.1) is 11.2 Å². The van der Waals surface area contributed by atoms with Gasteiger partial charge in [-0.3, -0.25) is 0 Å². The van der Waals surface area contributed by atoms with Gasteiger partial charge < -0.3 is 0 Å². The Bertz CT molecular complexity index is 3270. The Hall–Kier alpha value is -8.13. The second kappa shape index (κ2) is 17.5. The lowest BCUT2D eigenvalue weighted by atomic mass is 9.90. The largest absolute Gasteiger partial charge is 0.247 e. The van der Waals surface area contributed by atoms with E-state index in [9.17, 15) is 0 Å². The fraction of sp³-hybridized carbons (Fsp3) is 0.0161. The first-order valence-electron chi connectivity index (χ1n) is 21.5. The molecular weight excluding hydrogens is 759 g/mol. The minimum atomic E-state index is 0.946. The quantitative estimate of drug-likeness (QED) is 0.0991. The van der Waals surface area contributed by atoms with Gasteiger partial charge in [0, 0.05) is 16.3 Å². The second-order valence-electron chi connectivity index (χ2n) is 16.1. The Labute approximate surface area is 370 Å². The average Bonchev–Trinajstić information content (AvgIpc) is 3.36. The van der Waals surface area contributed by atoms with Crippen molar-refractivity contribution in [3.8, 4) is 55.8 Å². The SMILES string of the molecule is C=C(/C=C(\C=C(/C)c1ccccc1)c1ccccc1)c1ccc(-c2cc3c(-c4ccc(-c5ccccc5)cc4)cc(-c4ccc(-c5ccccc5)cc4)nc3c3ccccc23)cc1. The smallest absolute Gasteiger partial charge is 0.0794 e. The van der Waals surface area contributed by atoms with Crippen LogP contribution in [0.3, 0.4) is 0 Å². The molecule has 63 heavy (non-hydrogen) atoms. The number of pyridine rings is 1. The summed E-state index contributed by atoms with van der Waals surface area (Å²) in [4.78, 5) is 5.47. The molecule has 0 spiro atoms. The van der Waals surface area contributed by atoms with E-state index in [1.807, 2.05) is 0 Å².